The molecule has 2 aliphatic rings. The van der Waals surface area contributed by atoms with Crippen molar-refractivity contribution in [2.45, 2.75) is 31.3 Å². The smallest absolute Gasteiger partial charge is 0.240 e. The second kappa shape index (κ2) is 5.53. The number of hydrogen-bond donors (Lipinski definition) is 2. The summed E-state index contributed by atoms with van der Waals surface area (Å²) in [7, 11) is 0. The zero-order valence-electron chi connectivity index (χ0n) is 12.2. The molecule has 6 nitrogen and oxygen atoms in total. The number of amides is 3. The van der Waals surface area contributed by atoms with E-state index in [1.807, 2.05) is 24.3 Å². The second-order valence-electron chi connectivity index (χ2n) is 6.00. The summed E-state index contributed by atoms with van der Waals surface area (Å²) in [5.41, 5.74) is 1.17. The quantitative estimate of drug-likeness (QED) is 0.753. The van der Waals surface area contributed by atoms with Crippen molar-refractivity contribution in [2.24, 2.45) is 0 Å². The van der Waals surface area contributed by atoms with Gasteiger partial charge in [-0.1, -0.05) is 24.3 Å². The van der Waals surface area contributed by atoms with Gasteiger partial charge in [-0.25, -0.2) is 0 Å². The number of carbonyl (C=O) groups is 3. The van der Waals surface area contributed by atoms with Crippen molar-refractivity contribution in [1.82, 2.24) is 10.2 Å². The molecule has 1 aromatic carbocycles. The van der Waals surface area contributed by atoms with Crippen LogP contribution in [0.5, 0.6) is 0 Å². The fourth-order valence-corrected chi connectivity index (χ4v) is 3.06. The van der Waals surface area contributed by atoms with E-state index in [4.69, 9.17) is 0 Å². The molecule has 6 heteroatoms. The molecular formula is C16H18N2O4. The number of nitrogens with zero attached hydrogens (tertiary/aromatic N) is 1. The lowest BCUT2D eigenvalue weighted by Crippen LogP contribution is -2.47. The molecule has 1 fully saturated rings. The molecule has 3 amide bonds. The van der Waals surface area contributed by atoms with E-state index in [0.29, 0.717) is 12.8 Å². The highest BCUT2D eigenvalue weighted by molar-refractivity contribution is 6.04. The molecule has 1 heterocycles. The molecule has 22 heavy (non-hydrogen) atoms. The molecule has 0 unspecified atom stereocenters. The lowest BCUT2D eigenvalue weighted by atomic mass is 10.0. The summed E-state index contributed by atoms with van der Waals surface area (Å²) < 4.78 is 0. The Hall–Kier alpha value is -2.21. The van der Waals surface area contributed by atoms with Crippen molar-refractivity contribution in [3.8, 4) is 0 Å². The average Bonchev–Trinajstić information content (AvgIpc) is 2.99. The van der Waals surface area contributed by atoms with E-state index in [-0.39, 0.29) is 37.7 Å². The molecule has 0 spiro atoms. The third-order valence-corrected chi connectivity index (χ3v) is 4.23. The summed E-state index contributed by atoms with van der Waals surface area (Å²) in [5.74, 6) is -1.05. The first-order valence-electron chi connectivity index (χ1n) is 7.36. The maximum atomic E-state index is 11.9. The van der Waals surface area contributed by atoms with Gasteiger partial charge in [-0.15, -0.1) is 0 Å². The van der Waals surface area contributed by atoms with Crippen molar-refractivity contribution in [3.05, 3.63) is 35.4 Å². The second-order valence-corrected chi connectivity index (χ2v) is 6.00. The van der Waals surface area contributed by atoms with Crippen molar-refractivity contribution >= 4 is 17.7 Å². The summed E-state index contributed by atoms with van der Waals surface area (Å²) in [6.45, 7) is -0.155. The van der Waals surface area contributed by atoms with E-state index in [1.165, 1.54) is 0 Å². The van der Waals surface area contributed by atoms with E-state index >= 15 is 0 Å². The van der Waals surface area contributed by atoms with Crippen LogP contribution in [0, 0.1) is 0 Å². The Balaban J connectivity index is 1.54. The van der Waals surface area contributed by atoms with Crippen LogP contribution in [0.4, 0.5) is 0 Å². The third kappa shape index (κ3) is 2.87. The molecular weight excluding hydrogens is 284 g/mol. The minimum atomic E-state index is -1.00. The molecule has 0 bridgehead atoms. The predicted molar refractivity (Wildman–Crippen MR) is 77.8 cm³/mol. The number of benzene rings is 1. The first kappa shape index (κ1) is 14.7. The minimum absolute atomic E-state index is 0.108. The number of hydrogen-bond acceptors (Lipinski definition) is 4. The standard InChI is InChI=1S/C16H18N2O4/c19-13(9-18-14(20)5-6-15(18)21)17-10-16(22)7-11-3-1-2-4-12(11)8-16/h1-4,22H,5-10H2,(H,17,19). The number of nitrogens with one attached hydrogen (secondary N) is 1. The Kier molecular flexibility index (Phi) is 3.70. The van der Waals surface area contributed by atoms with Gasteiger partial charge in [0.15, 0.2) is 0 Å². The fraction of sp³-hybridized carbons (Fsp3) is 0.438. The lowest BCUT2D eigenvalue weighted by molar-refractivity contribution is -0.142. The van der Waals surface area contributed by atoms with Crippen LogP contribution < -0.4 is 5.32 Å². The van der Waals surface area contributed by atoms with Gasteiger partial charge >= 0.3 is 0 Å². The van der Waals surface area contributed by atoms with E-state index < -0.39 is 11.5 Å². The van der Waals surface area contributed by atoms with Gasteiger partial charge in [0.05, 0.1) is 5.60 Å². The zero-order chi connectivity index (χ0) is 15.7. The first-order chi connectivity index (χ1) is 10.5. The van der Waals surface area contributed by atoms with Crippen LogP contribution in [0.25, 0.3) is 0 Å². The predicted octanol–water partition coefficient (Wildman–Crippen LogP) is -0.218. The molecule has 116 valence electrons. The fourth-order valence-electron chi connectivity index (χ4n) is 3.06. The topological polar surface area (TPSA) is 86.7 Å². The Morgan fingerprint density at radius 2 is 1.68 bits per heavy atom. The molecule has 1 aromatic rings. The minimum Gasteiger partial charge on any atom is -0.387 e. The highest BCUT2D eigenvalue weighted by atomic mass is 16.3. The van der Waals surface area contributed by atoms with Crippen LogP contribution in [0.2, 0.25) is 0 Å². The summed E-state index contributed by atoms with van der Waals surface area (Å²) >= 11 is 0. The molecule has 1 aliphatic carbocycles. The van der Waals surface area contributed by atoms with E-state index in [1.54, 1.807) is 0 Å². The number of fused-ring (bicyclic) bond motifs is 1. The van der Waals surface area contributed by atoms with Crippen LogP contribution in [0.15, 0.2) is 24.3 Å². The largest absolute Gasteiger partial charge is 0.387 e. The number of likely N-dealkylation sites (tertiary alicyclic amines) is 1. The van der Waals surface area contributed by atoms with E-state index in [2.05, 4.69) is 5.32 Å². The molecule has 0 atom stereocenters. The van der Waals surface area contributed by atoms with Crippen molar-refractivity contribution in [2.75, 3.05) is 13.1 Å². The van der Waals surface area contributed by atoms with Crippen molar-refractivity contribution in [3.63, 3.8) is 0 Å². The maximum absolute atomic E-state index is 11.9. The highest BCUT2D eigenvalue weighted by Gasteiger charge is 2.36. The lowest BCUT2D eigenvalue weighted by Gasteiger charge is -2.23. The van der Waals surface area contributed by atoms with Gasteiger partial charge < -0.3 is 10.4 Å². The first-order valence-corrected chi connectivity index (χ1v) is 7.36. The summed E-state index contributed by atoms with van der Waals surface area (Å²) in [6.07, 6.45) is 1.33. The maximum Gasteiger partial charge on any atom is 0.240 e. The molecule has 0 saturated carbocycles. The Bertz CT molecular complexity index is 600. The molecule has 1 aliphatic heterocycles. The van der Waals surface area contributed by atoms with E-state index in [0.717, 1.165) is 16.0 Å². The number of carbonyl (C=O) groups excluding carboxylic acids is 3. The average molecular weight is 302 g/mol. The Morgan fingerprint density at radius 3 is 2.23 bits per heavy atom. The normalized spacial score (nSPS) is 19.4. The van der Waals surface area contributed by atoms with Crippen molar-refractivity contribution in [1.29, 1.82) is 0 Å². The number of imide groups is 1. The van der Waals surface area contributed by atoms with Gasteiger partial charge in [0, 0.05) is 32.2 Å². The van der Waals surface area contributed by atoms with Gasteiger partial charge in [0.1, 0.15) is 6.54 Å². The highest BCUT2D eigenvalue weighted by Crippen LogP contribution is 2.29. The number of aliphatic hydroxyl groups is 1. The van der Waals surface area contributed by atoms with E-state index in [9.17, 15) is 19.5 Å². The van der Waals surface area contributed by atoms with Crippen LogP contribution in [-0.4, -0.2) is 46.4 Å². The van der Waals surface area contributed by atoms with Crippen LogP contribution in [0.3, 0.4) is 0 Å². The summed E-state index contributed by atoms with van der Waals surface area (Å²) in [6, 6.07) is 7.79. The van der Waals surface area contributed by atoms with Gasteiger partial charge in [0.25, 0.3) is 0 Å². The van der Waals surface area contributed by atoms with Gasteiger partial charge in [-0.05, 0) is 11.1 Å². The molecule has 3 rings (SSSR count). The molecule has 1 saturated heterocycles. The molecule has 0 aromatic heterocycles. The summed E-state index contributed by atoms with van der Waals surface area (Å²) in [4.78, 5) is 35.8. The molecule has 2 N–H and O–H groups in total. The Labute approximate surface area is 128 Å². The monoisotopic (exact) mass is 302 g/mol. The van der Waals surface area contributed by atoms with Gasteiger partial charge in [-0.3, -0.25) is 19.3 Å². The van der Waals surface area contributed by atoms with Crippen LogP contribution in [-0.2, 0) is 27.2 Å². The zero-order valence-corrected chi connectivity index (χ0v) is 12.2. The number of rotatable bonds is 4. The Morgan fingerprint density at radius 1 is 1.14 bits per heavy atom. The van der Waals surface area contributed by atoms with Crippen LogP contribution >= 0.6 is 0 Å². The van der Waals surface area contributed by atoms with Gasteiger partial charge in [0.2, 0.25) is 17.7 Å². The third-order valence-electron chi connectivity index (χ3n) is 4.23. The van der Waals surface area contributed by atoms with Gasteiger partial charge in [-0.2, -0.15) is 0 Å². The van der Waals surface area contributed by atoms with Crippen molar-refractivity contribution < 1.29 is 19.5 Å². The SMILES string of the molecule is O=C(CN1C(=O)CCC1=O)NCC1(O)Cc2ccccc2C1. The van der Waals surface area contributed by atoms with Crippen LogP contribution in [0.1, 0.15) is 24.0 Å². The summed E-state index contributed by atoms with van der Waals surface area (Å²) in [5, 5.41) is 13.2. The molecule has 0 radical (unpaired) electrons.